The van der Waals surface area contributed by atoms with E-state index in [-0.39, 0.29) is 17.5 Å². The van der Waals surface area contributed by atoms with Gasteiger partial charge in [0.25, 0.3) is 0 Å². The lowest BCUT2D eigenvalue weighted by Gasteiger charge is -2.32. The highest BCUT2D eigenvalue weighted by Gasteiger charge is 2.26. The van der Waals surface area contributed by atoms with Gasteiger partial charge in [-0.25, -0.2) is 9.18 Å². The Morgan fingerprint density at radius 2 is 1.84 bits per heavy atom. The van der Waals surface area contributed by atoms with Crippen molar-refractivity contribution < 1.29 is 18.7 Å². The maximum atomic E-state index is 13.1. The number of benzene rings is 1. The molecule has 1 aromatic carbocycles. The highest BCUT2D eigenvalue weighted by Crippen LogP contribution is 2.26. The van der Waals surface area contributed by atoms with Crippen LogP contribution in [0.2, 0.25) is 0 Å². The Morgan fingerprint density at radius 1 is 1.16 bits per heavy atom. The van der Waals surface area contributed by atoms with Gasteiger partial charge in [0.05, 0.1) is 13.3 Å². The summed E-state index contributed by atoms with van der Waals surface area (Å²) in [5.41, 5.74) is 7.73. The minimum atomic E-state index is -0.389. The molecule has 1 heterocycles. The second kappa shape index (κ2) is 11.8. The quantitative estimate of drug-likeness (QED) is 0.668. The molecule has 0 atom stereocenters. The lowest BCUT2D eigenvalue weighted by atomic mass is 9.95. The van der Waals surface area contributed by atoms with Crippen LogP contribution in [0.1, 0.15) is 58.4 Å². The van der Waals surface area contributed by atoms with Crippen LogP contribution in [-0.2, 0) is 11.3 Å². The average Bonchev–Trinajstić information content (AvgIpc) is 2.78. The van der Waals surface area contributed by atoms with Gasteiger partial charge in [-0.1, -0.05) is 25.3 Å². The zero-order chi connectivity index (χ0) is 23.7. The van der Waals surface area contributed by atoms with E-state index in [1.54, 1.807) is 18.2 Å². The summed E-state index contributed by atoms with van der Waals surface area (Å²) in [5.74, 6) is 0.383. The van der Waals surface area contributed by atoms with Crippen LogP contribution in [0.5, 0.6) is 5.75 Å². The highest BCUT2D eigenvalue weighted by atomic mass is 19.1. The molecule has 3 rings (SSSR count). The van der Waals surface area contributed by atoms with Gasteiger partial charge in [-0.05, 0) is 57.4 Å². The number of rotatable bonds is 4. The minimum absolute atomic E-state index is 0.186. The molecule has 1 aliphatic carbocycles. The number of hydrogen-bond acceptors (Lipinski definition) is 5. The zero-order valence-electron chi connectivity index (χ0n) is 19.9. The summed E-state index contributed by atoms with van der Waals surface area (Å²) in [4.78, 5) is 17.4. The van der Waals surface area contributed by atoms with Gasteiger partial charge >= 0.3 is 6.09 Å². The first-order chi connectivity index (χ1) is 15.1. The molecule has 7 heteroatoms. The van der Waals surface area contributed by atoms with Crippen LogP contribution in [0.4, 0.5) is 9.18 Å². The number of hydrogen-bond donors (Lipinski definition) is 1. The maximum absolute atomic E-state index is 13.1. The summed E-state index contributed by atoms with van der Waals surface area (Å²) in [6, 6.07) is 7.38. The van der Waals surface area contributed by atoms with Crippen LogP contribution in [0.25, 0.3) is 11.1 Å². The standard InChI is InChI=1S/C13H13FN2O.C12H23NO2/c1-17-13-3-2-9(4-10(13)6-15)11-5-12(14)8-16-7-11;1-12(2,3)15-11(14)13(4)10-8-6-5-7-9-10/h2-5,7-8H,6,15H2,1H3;10H,5-9H2,1-4H3. The first-order valence-corrected chi connectivity index (χ1v) is 11.1. The van der Waals surface area contributed by atoms with Crippen LogP contribution in [0, 0.1) is 5.82 Å². The van der Waals surface area contributed by atoms with Crippen molar-refractivity contribution in [2.45, 2.75) is 71.1 Å². The van der Waals surface area contributed by atoms with Crippen molar-refractivity contribution in [2.75, 3.05) is 14.2 Å². The molecule has 2 N–H and O–H groups in total. The zero-order valence-corrected chi connectivity index (χ0v) is 19.9. The van der Waals surface area contributed by atoms with E-state index in [0.717, 1.165) is 35.3 Å². The Morgan fingerprint density at radius 3 is 2.41 bits per heavy atom. The predicted molar refractivity (Wildman–Crippen MR) is 125 cm³/mol. The van der Waals surface area contributed by atoms with E-state index in [2.05, 4.69) is 4.98 Å². The Hall–Kier alpha value is -2.67. The molecule has 0 saturated heterocycles. The SMILES string of the molecule is CN(C(=O)OC(C)(C)C)C1CCCCC1.COc1ccc(-c2cncc(F)c2)cc1CN. The van der Waals surface area contributed by atoms with Gasteiger partial charge < -0.3 is 20.1 Å². The first kappa shape index (κ1) is 25.6. The maximum Gasteiger partial charge on any atom is 0.410 e. The van der Waals surface area contributed by atoms with Gasteiger partial charge in [0, 0.05) is 37.0 Å². The van der Waals surface area contributed by atoms with Crippen LogP contribution in [0.3, 0.4) is 0 Å². The van der Waals surface area contributed by atoms with Gasteiger partial charge in [-0.2, -0.15) is 0 Å². The summed E-state index contributed by atoms with van der Waals surface area (Å²) in [6.07, 6.45) is 8.62. The van der Waals surface area contributed by atoms with E-state index < -0.39 is 0 Å². The van der Waals surface area contributed by atoms with Crippen LogP contribution >= 0.6 is 0 Å². The van der Waals surface area contributed by atoms with Gasteiger partial charge in [0.1, 0.15) is 17.2 Å². The second-order valence-electron chi connectivity index (χ2n) is 9.01. The van der Waals surface area contributed by atoms with Crippen molar-refractivity contribution in [2.24, 2.45) is 5.73 Å². The van der Waals surface area contributed by atoms with Crippen molar-refractivity contribution in [1.29, 1.82) is 0 Å². The van der Waals surface area contributed by atoms with Crippen molar-refractivity contribution >= 4 is 6.09 Å². The molecule has 1 aliphatic rings. The molecule has 32 heavy (non-hydrogen) atoms. The van der Waals surface area contributed by atoms with Crippen molar-refractivity contribution in [3.05, 3.63) is 48.0 Å². The molecule has 0 bridgehead atoms. The third-order valence-electron chi connectivity index (χ3n) is 5.34. The van der Waals surface area contributed by atoms with E-state index in [0.29, 0.717) is 12.6 Å². The number of ether oxygens (including phenoxy) is 2. The molecular formula is C25H36FN3O3. The summed E-state index contributed by atoms with van der Waals surface area (Å²) >= 11 is 0. The first-order valence-electron chi connectivity index (χ1n) is 11.1. The number of pyridine rings is 1. The topological polar surface area (TPSA) is 77.7 Å². The molecule has 0 spiro atoms. The molecule has 6 nitrogen and oxygen atoms in total. The van der Waals surface area contributed by atoms with E-state index in [1.807, 2.05) is 46.0 Å². The molecule has 1 fully saturated rings. The van der Waals surface area contributed by atoms with Gasteiger partial charge in [-0.15, -0.1) is 0 Å². The molecule has 1 aromatic heterocycles. The molecule has 0 aliphatic heterocycles. The smallest absolute Gasteiger partial charge is 0.410 e. The number of carbonyl (C=O) groups excluding carboxylic acids is 1. The van der Waals surface area contributed by atoms with Crippen molar-refractivity contribution in [3.8, 4) is 16.9 Å². The molecule has 2 aromatic rings. The fourth-order valence-electron chi connectivity index (χ4n) is 3.64. The van der Waals surface area contributed by atoms with Crippen LogP contribution in [0.15, 0.2) is 36.7 Å². The van der Waals surface area contributed by atoms with E-state index in [4.69, 9.17) is 15.2 Å². The Labute approximate surface area is 190 Å². The number of amides is 1. The summed E-state index contributed by atoms with van der Waals surface area (Å²) in [7, 11) is 3.45. The van der Waals surface area contributed by atoms with Gasteiger partial charge in [0.2, 0.25) is 0 Å². The number of nitrogens with two attached hydrogens (primary N) is 1. The normalized spacial score (nSPS) is 14.2. The summed E-state index contributed by atoms with van der Waals surface area (Å²) in [5, 5.41) is 0. The largest absolute Gasteiger partial charge is 0.496 e. The molecular weight excluding hydrogens is 409 g/mol. The lowest BCUT2D eigenvalue weighted by molar-refractivity contribution is 0.0189. The lowest BCUT2D eigenvalue weighted by Crippen LogP contribution is -2.41. The number of aromatic nitrogens is 1. The molecule has 0 radical (unpaired) electrons. The molecule has 1 saturated carbocycles. The predicted octanol–water partition coefficient (Wildman–Crippen LogP) is 5.54. The number of nitrogens with zero attached hydrogens (tertiary/aromatic N) is 2. The number of carbonyl (C=O) groups is 1. The fourth-order valence-corrected chi connectivity index (χ4v) is 3.64. The Balaban J connectivity index is 0.000000229. The monoisotopic (exact) mass is 445 g/mol. The van der Waals surface area contributed by atoms with Crippen molar-refractivity contribution in [1.82, 2.24) is 9.88 Å². The van der Waals surface area contributed by atoms with Crippen molar-refractivity contribution in [3.63, 3.8) is 0 Å². The van der Waals surface area contributed by atoms with E-state index in [1.165, 1.54) is 31.5 Å². The van der Waals surface area contributed by atoms with Crippen LogP contribution in [-0.4, -0.2) is 41.8 Å². The van der Waals surface area contributed by atoms with Gasteiger partial charge in [-0.3, -0.25) is 4.98 Å². The molecule has 0 unspecified atom stereocenters. The third kappa shape index (κ3) is 7.79. The minimum Gasteiger partial charge on any atom is -0.496 e. The van der Waals surface area contributed by atoms with E-state index >= 15 is 0 Å². The Bertz CT molecular complexity index is 877. The average molecular weight is 446 g/mol. The molecule has 1 amide bonds. The summed E-state index contributed by atoms with van der Waals surface area (Å²) < 4.78 is 23.6. The summed E-state index contributed by atoms with van der Waals surface area (Å²) in [6.45, 7) is 6.08. The molecule has 176 valence electrons. The van der Waals surface area contributed by atoms with Crippen LogP contribution < -0.4 is 10.5 Å². The number of halogens is 1. The highest BCUT2D eigenvalue weighted by molar-refractivity contribution is 5.68. The number of methoxy groups -OCH3 is 1. The fraction of sp³-hybridized carbons (Fsp3) is 0.520. The van der Waals surface area contributed by atoms with E-state index in [9.17, 15) is 9.18 Å². The van der Waals surface area contributed by atoms with Gasteiger partial charge in [0.15, 0.2) is 0 Å². The second-order valence-corrected chi connectivity index (χ2v) is 9.01. The third-order valence-corrected chi connectivity index (χ3v) is 5.34. The Kier molecular flexibility index (Phi) is 9.44.